The molecular formula is C28H46N2O14S2. The second kappa shape index (κ2) is 18.3. The molecule has 0 saturated carbocycles. The Hall–Kier alpha value is -2.32. The second-order valence-electron chi connectivity index (χ2n) is 11.5. The van der Waals surface area contributed by atoms with E-state index in [1.165, 1.54) is 37.4 Å². The predicted molar refractivity (Wildman–Crippen MR) is 166 cm³/mol. The summed E-state index contributed by atoms with van der Waals surface area (Å²) < 4.78 is 10.3. The molecule has 264 valence electrons. The molecule has 0 bridgehead atoms. The monoisotopic (exact) mass is 698 g/mol. The standard InChI is InChI=1S/2C14H23NO7S/c2*1-7(6-23-3)9(17)4-11-12(15-8(2)16)10(18)5-14(21,22-11)13(19)20/h2*7,10-12,18,21H,4-6H2,1-3H3,(H,15,16)(H,19,20). The van der Waals surface area contributed by atoms with E-state index in [0.717, 1.165) is 0 Å². The lowest BCUT2D eigenvalue weighted by atomic mass is 9.89. The highest BCUT2D eigenvalue weighted by Gasteiger charge is 2.52. The number of aliphatic hydroxyl groups is 4. The number of ketones is 2. The van der Waals surface area contributed by atoms with Crippen LogP contribution < -0.4 is 10.6 Å². The number of aliphatic hydroxyl groups excluding tert-OH is 2. The van der Waals surface area contributed by atoms with Gasteiger partial charge in [-0.25, -0.2) is 9.59 Å². The van der Waals surface area contributed by atoms with Gasteiger partial charge < -0.3 is 50.7 Å². The lowest BCUT2D eigenvalue weighted by molar-refractivity contribution is -0.276. The first-order chi connectivity index (χ1) is 21.2. The van der Waals surface area contributed by atoms with Gasteiger partial charge in [0.25, 0.3) is 11.6 Å². The van der Waals surface area contributed by atoms with E-state index in [4.69, 9.17) is 19.7 Å². The maximum Gasteiger partial charge on any atom is 0.364 e. The average molecular weight is 699 g/mol. The van der Waals surface area contributed by atoms with Gasteiger partial charge in [-0.3, -0.25) is 19.2 Å². The van der Waals surface area contributed by atoms with Crippen molar-refractivity contribution in [2.75, 3.05) is 24.0 Å². The highest BCUT2D eigenvalue weighted by atomic mass is 32.2. The van der Waals surface area contributed by atoms with Crippen molar-refractivity contribution in [3.8, 4) is 0 Å². The van der Waals surface area contributed by atoms with E-state index in [9.17, 15) is 49.2 Å². The van der Waals surface area contributed by atoms with Crippen LogP contribution in [0, 0.1) is 11.8 Å². The number of nitrogens with one attached hydrogen (secondary N) is 2. The summed E-state index contributed by atoms with van der Waals surface area (Å²) in [5, 5.41) is 63.2. The zero-order chi connectivity index (χ0) is 35.6. The molecule has 16 nitrogen and oxygen atoms in total. The Kier molecular flexibility index (Phi) is 16.6. The van der Waals surface area contributed by atoms with Crippen LogP contribution in [0.2, 0.25) is 0 Å². The van der Waals surface area contributed by atoms with Crippen molar-refractivity contribution in [3.05, 3.63) is 0 Å². The maximum absolute atomic E-state index is 12.2. The third-order valence-electron chi connectivity index (χ3n) is 7.44. The number of aliphatic carboxylic acids is 2. The van der Waals surface area contributed by atoms with E-state index < -0.39 is 84.7 Å². The number of rotatable bonds is 14. The van der Waals surface area contributed by atoms with Gasteiger partial charge in [-0.05, 0) is 12.5 Å². The molecule has 18 heteroatoms. The van der Waals surface area contributed by atoms with Crippen LogP contribution in [0.4, 0.5) is 0 Å². The van der Waals surface area contributed by atoms with E-state index in [1.54, 1.807) is 13.8 Å². The minimum absolute atomic E-state index is 0.193. The number of ether oxygens (including phenoxy) is 2. The predicted octanol–water partition coefficient (Wildman–Crippen LogP) is -1.26. The van der Waals surface area contributed by atoms with Crippen molar-refractivity contribution >= 4 is 58.8 Å². The van der Waals surface area contributed by atoms with Gasteiger partial charge in [0.1, 0.15) is 11.6 Å². The van der Waals surface area contributed by atoms with Crippen LogP contribution in [0.1, 0.15) is 53.4 Å². The highest BCUT2D eigenvalue weighted by Crippen LogP contribution is 2.32. The van der Waals surface area contributed by atoms with Crippen molar-refractivity contribution < 1.29 is 68.9 Å². The average Bonchev–Trinajstić information content (AvgIpc) is 2.92. The first kappa shape index (κ1) is 41.7. The maximum atomic E-state index is 12.2. The van der Waals surface area contributed by atoms with E-state index in [2.05, 4.69) is 10.6 Å². The number of carboxylic acid groups (broad SMARTS) is 2. The number of carbonyl (C=O) groups excluding carboxylic acids is 4. The van der Waals surface area contributed by atoms with Crippen molar-refractivity contribution in [1.29, 1.82) is 0 Å². The van der Waals surface area contributed by atoms with Crippen LogP contribution in [0.3, 0.4) is 0 Å². The second-order valence-corrected chi connectivity index (χ2v) is 13.4. The molecule has 2 heterocycles. The number of carbonyl (C=O) groups is 6. The lowest BCUT2D eigenvalue weighted by Gasteiger charge is -2.42. The fourth-order valence-electron chi connectivity index (χ4n) is 5.01. The molecule has 2 saturated heterocycles. The molecule has 2 rings (SSSR count). The summed E-state index contributed by atoms with van der Waals surface area (Å²) in [6.07, 6.45) is -2.84. The number of hydrogen-bond acceptors (Lipinski definition) is 14. The molecule has 0 spiro atoms. The third kappa shape index (κ3) is 12.0. The number of amides is 2. The Morgan fingerprint density at radius 2 is 1.02 bits per heavy atom. The topological polar surface area (TPSA) is 266 Å². The molecule has 2 aliphatic heterocycles. The molecule has 2 fully saturated rings. The minimum Gasteiger partial charge on any atom is -0.477 e. The molecule has 2 aliphatic rings. The quantitative estimate of drug-likeness (QED) is 0.105. The Morgan fingerprint density at radius 1 is 0.717 bits per heavy atom. The van der Waals surface area contributed by atoms with Crippen molar-refractivity contribution in [3.63, 3.8) is 0 Å². The van der Waals surface area contributed by atoms with Crippen LogP contribution in [0.15, 0.2) is 0 Å². The number of carboxylic acids is 2. The normalized spacial score (nSPS) is 32.1. The van der Waals surface area contributed by atoms with Crippen LogP contribution >= 0.6 is 23.5 Å². The summed E-state index contributed by atoms with van der Waals surface area (Å²) in [7, 11) is 0. The smallest absolute Gasteiger partial charge is 0.364 e. The van der Waals surface area contributed by atoms with Crippen molar-refractivity contribution in [1.82, 2.24) is 10.6 Å². The molecule has 0 aromatic heterocycles. The van der Waals surface area contributed by atoms with Crippen LogP contribution in [-0.2, 0) is 38.2 Å². The first-order valence-electron chi connectivity index (χ1n) is 14.4. The molecule has 0 aromatic carbocycles. The van der Waals surface area contributed by atoms with Gasteiger partial charge in [0.05, 0.1) is 36.5 Å². The first-order valence-corrected chi connectivity index (χ1v) is 17.2. The van der Waals surface area contributed by atoms with E-state index in [1.807, 2.05) is 12.5 Å². The molecule has 46 heavy (non-hydrogen) atoms. The van der Waals surface area contributed by atoms with Gasteiger partial charge >= 0.3 is 11.9 Å². The fourth-order valence-corrected chi connectivity index (χ4v) is 6.38. The van der Waals surface area contributed by atoms with E-state index in [0.29, 0.717) is 11.5 Å². The highest BCUT2D eigenvalue weighted by molar-refractivity contribution is 7.98. The molecule has 10 unspecified atom stereocenters. The summed E-state index contributed by atoms with van der Waals surface area (Å²) in [5.74, 6) is -9.15. The van der Waals surface area contributed by atoms with Gasteiger partial charge in [-0.2, -0.15) is 23.5 Å². The Balaban J connectivity index is 0.000000460. The molecule has 8 N–H and O–H groups in total. The molecule has 0 aliphatic carbocycles. The van der Waals surface area contributed by atoms with Crippen LogP contribution in [-0.4, -0.2) is 138 Å². The van der Waals surface area contributed by atoms with E-state index in [-0.39, 0.29) is 36.2 Å². The number of Topliss-reactive ketones (excluding diaryl/α,β-unsaturated/α-hetero) is 2. The summed E-state index contributed by atoms with van der Waals surface area (Å²) in [4.78, 5) is 69.3. The van der Waals surface area contributed by atoms with Gasteiger partial charge in [0, 0.05) is 62.9 Å². The fraction of sp³-hybridized carbons (Fsp3) is 0.786. The molecular weight excluding hydrogens is 652 g/mol. The largest absolute Gasteiger partial charge is 0.477 e. The Morgan fingerprint density at radius 3 is 1.26 bits per heavy atom. The summed E-state index contributed by atoms with van der Waals surface area (Å²) in [5.41, 5.74) is 0. The van der Waals surface area contributed by atoms with Crippen LogP contribution in [0.25, 0.3) is 0 Å². The van der Waals surface area contributed by atoms with Crippen LogP contribution in [0.5, 0.6) is 0 Å². The lowest BCUT2D eigenvalue weighted by Crippen LogP contribution is -2.63. The van der Waals surface area contributed by atoms with Crippen molar-refractivity contribution in [2.24, 2.45) is 11.8 Å². The van der Waals surface area contributed by atoms with Gasteiger partial charge in [-0.1, -0.05) is 13.8 Å². The Bertz CT molecular complexity index is 1030. The molecule has 0 radical (unpaired) electrons. The van der Waals surface area contributed by atoms with Gasteiger partial charge in [0.15, 0.2) is 0 Å². The molecule has 10 atom stereocenters. The minimum atomic E-state index is -2.58. The zero-order valence-corrected chi connectivity index (χ0v) is 28.3. The SMILES string of the molecule is CSCC(C)C(=O)CC1OC(O)(C(=O)O)CC(O)C1NC(C)=O.CSCC(C)C(=O)CC1OC(O)(C(=O)O)CC(O)C1NC(C)=O. The van der Waals surface area contributed by atoms with E-state index >= 15 is 0 Å². The van der Waals surface area contributed by atoms with Crippen molar-refractivity contribution in [2.45, 2.75) is 101 Å². The van der Waals surface area contributed by atoms with Gasteiger partial charge in [0.2, 0.25) is 11.8 Å². The Labute approximate surface area is 275 Å². The molecule has 0 aromatic rings. The zero-order valence-electron chi connectivity index (χ0n) is 26.6. The number of thioether (sulfide) groups is 2. The molecule has 2 amide bonds. The third-order valence-corrected chi connectivity index (χ3v) is 9.11. The summed E-state index contributed by atoms with van der Waals surface area (Å²) in [6, 6.07) is -1.92. The van der Waals surface area contributed by atoms with Gasteiger partial charge in [-0.15, -0.1) is 0 Å². The summed E-state index contributed by atoms with van der Waals surface area (Å²) >= 11 is 2.98. The number of hydrogen-bond donors (Lipinski definition) is 8. The summed E-state index contributed by atoms with van der Waals surface area (Å²) in [6.45, 7) is 5.93.